The SMILES string of the molecule is COc1cccc(NC(=O)N2CCc3cnc(N4CCOCC4)nc3C2)c1. The highest BCUT2D eigenvalue weighted by atomic mass is 16.5. The second kappa shape index (κ2) is 7.79. The van der Waals surface area contributed by atoms with Gasteiger partial charge in [0.2, 0.25) is 5.95 Å². The number of nitrogens with zero attached hydrogens (tertiary/aromatic N) is 4. The van der Waals surface area contributed by atoms with Crippen LogP contribution in [0, 0.1) is 0 Å². The van der Waals surface area contributed by atoms with Crippen molar-refractivity contribution in [1.82, 2.24) is 14.9 Å². The number of benzene rings is 1. The van der Waals surface area contributed by atoms with Crippen LogP contribution >= 0.6 is 0 Å². The summed E-state index contributed by atoms with van der Waals surface area (Å²) in [6, 6.07) is 7.20. The van der Waals surface area contributed by atoms with Crippen LogP contribution in [0.25, 0.3) is 0 Å². The summed E-state index contributed by atoms with van der Waals surface area (Å²) in [7, 11) is 1.61. The minimum Gasteiger partial charge on any atom is -0.497 e. The van der Waals surface area contributed by atoms with Crippen LogP contribution in [-0.2, 0) is 17.7 Å². The van der Waals surface area contributed by atoms with Crippen molar-refractivity contribution in [3.63, 3.8) is 0 Å². The van der Waals surface area contributed by atoms with Gasteiger partial charge < -0.3 is 24.6 Å². The molecule has 1 aromatic heterocycles. The zero-order chi connectivity index (χ0) is 18.6. The number of aromatic nitrogens is 2. The molecular weight excluding hydrogens is 346 g/mol. The Kier molecular flexibility index (Phi) is 5.06. The van der Waals surface area contributed by atoms with Crippen molar-refractivity contribution >= 4 is 17.7 Å². The molecule has 2 aromatic rings. The predicted octanol–water partition coefficient (Wildman–Crippen LogP) is 1.91. The minimum atomic E-state index is -0.138. The van der Waals surface area contributed by atoms with Crippen LogP contribution in [0.15, 0.2) is 30.5 Å². The summed E-state index contributed by atoms with van der Waals surface area (Å²) in [5, 5.41) is 2.93. The van der Waals surface area contributed by atoms with Crippen molar-refractivity contribution in [2.75, 3.05) is 50.2 Å². The Morgan fingerprint density at radius 3 is 2.93 bits per heavy atom. The Labute approximate surface area is 158 Å². The summed E-state index contributed by atoms with van der Waals surface area (Å²) >= 11 is 0. The third-order valence-corrected chi connectivity index (χ3v) is 4.84. The molecule has 27 heavy (non-hydrogen) atoms. The summed E-state index contributed by atoms with van der Waals surface area (Å²) in [6.45, 7) is 4.08. The van der Waals surface area contributed by atoms with E-state index in [1.165, 1.54) is 0 Å². The number of ether oxygens (including phenoxy) is 2. The molecular formula is C19H23N5O3. The van der Waals surface area contributed by atoms with Crippen LogP contribution in [0.3, 0.4) is 0 Å². The highest BCUT2D eigenvalue weighted by Gasteiger charge is 2.24. The fourth-order valence-electron chi connectivity index (χ4n) is 3.28. The van der Waals surface area contributed by atoms with Gasteiger partial charge in [0, 0.05) is 37.6 Å². The van der Waals surface area contributed by atoms with Gasteiger partial charge in [-0.2, -0.15) is 0 Å². The molecule has 3 heterocycles. The Morgan fingerprint density at radius 1 is 1.26 bits per heavy atom. The normalized spacial score (nSPS) is 16.6. The summed E-state index contributed by atoms with van der Waals surface area (Å²) in [5.74, 6) is 1.42. The molecule has 2 aliphatic heterocycles. The lowest BCUT2D eigenvalue weighted by molar-refractivity contribution is 0.122. The quantitative estimate of drug-likeness (QED) is 0.890. The van der Waals surface area contributed by atoms with Crippen molar-refractivity contribution in [3.05, 3.63) is 41.7 Å². The Balaban J connectivity index is 1.45. The number of carbonyl (C=O) groups is 1. The number of rotatable bonds is 3. The molecule has 2 aliphatic rings. The van der Waals surface area contributed by atoms with Gasteiger partial charge in [0.25, 0.3) is 0 Å². The van der Waals surface area contributed by atoms with Crippen molar-refractivity contribution in [3.8, 4) is 5.75 Å². The lowest BCUT2D eigenvalue weighted by Gasteiger charge is -2.30. The van der Waals surface area contributed by atoms with E-state index in [-0.39, 0.29) is 6.03 Å². The first-order chi connectivity index (χ1) is 13.2. The number of fused-ring (bicyclic) bond motifs is 1. The molecule has 0 aliphatic carbocycles. The van der Waals surface area contributed by atoms with Crippen LogP contribution in [-0.4, -0.2) is 60.9 Å². The number of nitrogens with one attached hydrogen (secondary N) is 1. The molecule has 1 aromatic carbocycles. The highest BCUT2D eigenvalue weighted by Crippen LogP contribution is 2.22. The summed E-state index contributed by atoms with van der Waals surface area (Å²) < 4.78 is 10.6. The summed E-state index contributed by atoms with van der Waals surface area (Å²) in [5.41, 5.74) is 2.73. The number of morpholine rings is 1. The van der Waals surface area contributed by atoms with Gasteiger partial charge in [-0.3, -0.25) is 0 Å². The Hall–Kier alpha value is -2.87. The Morgan fingerprint density at radius 2 is 2.11 bits per heavy atom. The summed E-state index contributed by atoms with van der Waals surface area (Å²) in [4.78, 5) is 25.8. The standard InChI is InChI=1S/C19H23N5O3/c1-26-16-4-2-3-15(11-16)21-19(25)24-6-5-14-12-20-18(22-17(14)13-24)23-7-9-27-10-8-23/h2-4,11-12H,5-10,13H2,1H3,(H,21,25). The molecule has 0 radical (unpaired) electrons. The Bertz CT molecular complexity index is 823. The van der Waals surface area contributed by atoms with Gasteiger partial charge in [-0.15, -0.1) is 0 Å². The topological polar surface area (TPSA) is 79.8 Å². The zero-order valence-electron chi connectivity index (χ0n) is 15.4. The van der Waals surface area contributed by atoms with Crippen LogP contribution in [0.1, 0.15) is 11.3 Å². The predicted molar refractivity (Wildman–Crippen MR) is 101 cm³/mol. The molecule has 142 valence electrons. The number of hydrogen-bond acceptors (Lipinski definition) is 6. The van der Waals surface area contributed by atoms with Gasteiger partial charge in [-0.25, -0.2) is 14.8 Å². The van der Waals surface area contributed by atoms with Crippen LogP contribution < -0.4 is 15.0 Å². The van der Waals surface area contributed by atoms with E-state index in [2.05, 4.69) is 15.2 Å². The molecule has 1 N–H and O–H groups in total. The van der Waals surface area contributed by atoms with E-state index in [1.54, 1.807) is 18.1 Å². The molecule has 1 saturated heterocycles. The third kappa shape index (κ3) is 3.95. The molecule has 0 spiro atoms. The number of carbonyl (C=O) groups excluding carboxylic acids is 1. The van der Waals surface area contributed by atoms with E-state index >= 15 is 0 Å². The molecule has 0 unspecified atom stereocenters. The molecule has 1 fully saturated rings. The van der Waals surface area contributed by atoms with E-state index in [9.17, 15) is 4.79 Å². The van der Waals surface area contributed by atoms with Crippen molar-refractivity contribution in [2.45, 2.75) is 13.0 Å². The van der Waals surface area contributed by atoms with E-state index in [0.29, 0.717) is 43.7 Å². The van der Waals surface area contributed by atoms with Gasteiger partial charge in [0.1, 0.15) is 5.75 Å². The first-order valence-electron chi connectivity index (χ1n) is 9.10. The van der Waals surface area contributed by atoms with E-state index in [4.69, 9.17) is 14.5 Å². The molecule has 4 rings (SSSR count). The van der Waals surface area contributed by atoms with E-state index < -0.39 is 0 Å². The average molecular weight is 369 g/mol. The second-order valence-electron chi connectivity index (χ2n) is 6.58. The van der Waals surface area contributed by atoms with Crippen molar-refractivity contribution in [1.29, 1.82) is 0 Å². The van der Waals surface area contributed by atoms with Crippen molar-refractivity contribution < 1.29 is 14.3 Å². The number of urea groups is 1. The van der Waals surface area contributed by atoms with Crippen molar-refractivity contribution in [2.24, 2.45) is 0 Å². The molecule has 2 amide bonds. The lowest BCUT2D eigenvalue weighted by atomic mass is 10.1. The van der Waals surface area contributed by atoms with Crippen LogP contribution in [0.5, 0.6) is 5.75 Å². The zero-order valence-corrected chi connectivity index (χ0v) is 15.4. The maximum absolute atomic E-state index is 12.7. The number of amides is 2. The van der Waals surface area contributed by atoms with Crippen LogP contribution in [0.2, 0.25) is 0 Å². The summed E-state index contributed by atoms with van der Waals surface area (Å²) in [6.07, 6.45) is 2.65. The fraction of sp³-hybridized carbons (Fsp3) is 0.421. The first-order valence-corrected chi connectivity index (χ1v) is 9.10. The monoisotopic (exact) mass is 369 g/mol. The molecule has 8 heteroatoms. The molecule has 0 saturated carbocycles. The van der Waals surface area contributed by atoms with Gasteiger partial charge >= 0.3 is 6.03 Å². The maximum Gasteiger partial charge on any atom is 0.322 e. The van der Waals surface area contributed by atoms with Gasteiger partial charge in [0.05, 0.1) is 32.6 Å². The number of anilines is 2. The highest BCUT2D eigenvalue weighted by molar-refractivity contribution is 5.89. The van der Waals surface area contributed by atoms with E-state index in [1.807, 2.05) is 24.4 Å². The largest absolute Gasteiger partial charge is 0.497 e. The fourth-order valence-corrected chi connectivity index (χ4v) is 3.28. The average Bonchev–Trinajstić information content (AvgIpc) is 2.73. The van der Waals surface area contributed by atoms with Gasteiger partial charge in [0.15, 0.2) is 0 Å². The third-order valence-electron chi connectivity index (χ3n) is 4.84. The number of hydrogen-bond donors (Lipinski definition) is 1. The van der Waals surface area contributed by atoms with Gasteiger partial charge in [-0.1, -0.05) is 6.07 Å². The molecule has 8 nitrogen and oxygen atoms in total. The number of methoxy groups -OCH3 is 1. The smallest absolute Gasteiger partial charge is 0.322 e. The molecule has 0 bridgehead atoms. The lowest BCUT2D eigenvalue weighted by Crippen LogP contribution is -2.40. The minimum absolute atomic E-state index is 0.138. The van der Waals surface area contributed by atoms with Gasteiger partial charge in [-0.05, 0) is 24.1 Å². The molecule has 0 atom stereocenters. The van der Waals surface area contributed by atoms with E-state index in [0.717, 1.165) is 30.8 Å². The maximum atomic E-state index is 12.7. The second-order valence-corrected chi connectivity index (χ2v) is 6.58. The first kappa shape index (κ1) is 17.5. The van der Waals surface area contributed by atoms with Crippen LogP contribution in [0.4, 0.5) is 16.4 Å².